The Bertz CT molecular complexity index is 773. The summed E-state index contributed by atoms with van der Waals surface area (Å²) in [5.74, 6) is 1.09. The van der Waals surface area contributed by atoms with Gasteiger partial charge in [0.2, 0.25) is 5.88 Å². The van der Waals surface area contributed by atoms with Crippen molar-refractivity contribution in [1.82, 2.24) is 19.8 Å². The molecule has 2 heterocycles. The summed E-state index contributed by atoms with van der Waals surface area (Å²) in [6, 6.07) is 9.18. The molecule has 0 spiro atoms. The fourth-order valence-corrected chi connectivity index (χ4v) is 3.60. The SMILES string of the molecule is COc1ccnc(-c2cccc(C(=O)N(C)CCCN3CCCCCC3)c2)n1. The zero-order chi connectivity index (χ0) is 19.8. The van der Waals surface area contributed by atoms with Gasteiger partial charge in [-0.25, -0.2) is 4.98 Å². The quantitative estimate of drug-likeness (QED) is 0.734. The molecule has 0 bridgehead atoms. The molecule has 0 radical (unpaired) electrons. The second-order valence-electron chi connectivity index (χ2n) is 7.34. The molecule has 3 rings (SSSR count). The number of likely N-dealkylation sites (tertiary alicyclic amines) is 1. The van der Waals surface area contributed by atoms with E-state index in [1.165, 1.54) is 38.8 Å². The van der Waals surface area contributed by atoms with Crippen LogP contribution in [-0.4, -0.2) is 66.0 Å². The molecule has 0 aliphatic carbocycles. The van der Waals surface area contributed by atoms with E-state index in [0.717, 1.165) is 25.1 Å². The number of methoxy groups -OCH3 is 1. The normalized spacial score (nSPS) is 15.1. The highest BCUT2D eigenvalue weighted by molar-refractivity contribution is 5.95. The highest BCUT2D eigenvalue weighted by Gasteiger charge is 2.14. The molecule has 1 aromatic carbocycles. The number of carbonyl (C=O) groups is 1. The van der Waals surface area contributed by atoms with Crippen molar-refractivity contribution >= 4 is 5.91 Å². The summed E-state index contributed by atoms with van der Waals surface area (Å²) in [7, 11) is 3.45. The maximum Gasteiger partial charge on any atom is 0.253 e. The van der Waals surface area contributed by atoms with Gasteiger partial charge in [-0.15, -0.1) is 0 Å². The van der Waals surface area contributed by atoms with E-state index in [0.29, 0.717) is 17.3 Å². The summed E-state index contributed by atoms with van der Waals surface area (Å²) in [6.45, 7) is 4.21. The van der Waals surface area contributed by atoms with Crippen molar-refractivity contribution in [3.8, 4) is 17.3 Å². The van der Waals surface area contributed by atoms with E-state index in [1.54, 1.807) is 19.4 Å². The van der Waals surface area contributed by atoms with Crippen molar-refractivity contribution in [3.63, 3.8) is 0 Å². The minimum Gasteiger partial charge on any atom is -0.481 e. The Hall–Kier alpha value is -2.47. The predicted octanol–water partition coefficient (Wildman–Crippen LogP) is 3.49. The molecule has 0 atom stereocenters. The molecule has 1 amide bonds. The molecule has 2 aromatic rings. The van der Waals surface area contributed by atoms with Crippen molar-refractivity contribution in [1.29, 1.82) is 0 Å². The summed E-state index contributed by atoms with van der Waals surface area (Å²) < 4.78 is 5.16. The van der Waals surface area contributed by atoms with Gasteiger partial charge in [-0.2, -0.15) is 4.98 Å². The standard InChI is InChI=1S/C22H30N4O2/c1-25(13-8-16-26-14-5-3-4-6-15-26)22(27)19-10-7-9-18(17-19)21-23-12-11-20(24-21)28-2/h7,9-12,17H,3-6,8,13-16H2,1-2H3. The van der Waals surface area contributed by atoms with Crippen LogP contribution in [0, 0.1) is 0 Å². The van der Waals surface area contributed by atoms with Gasteiger partial charge < -0.3 is 14.5 Å². The summed E-state index contributed by atoms with van der Waals surface area (Å²) in [5.41, 5.74) is 1.46. The van der Waals surface area contributed by atoms with Gasteiger partial charge in [-0.3, -0.25) is 4.79 Å². The minimum atomic E-state index is 0.0283. The number of ether oxygens (including phenoxy) is 1. The smallest absolute Gasteiger partial charge is 0.253 e. The van der Waals surface area contributed by atoms with Crippen LogP contribution in [0.2, 0.25) is 0 Å². The van der Waals surface area contributed by atoms with E-state index in [4.69, 9.17) is 4.74 Å². The summed E-state index contributed by atoms with van der Waals surface area (Å²) in [4.78, 5) is 25.8. The Morgan fingerprint density at radius 2 is 1.96 bits per heavy atom. The average Bonchev–Trinajstić information content (AvgIpc) is 3.02. The Labute approximate surface area is 167 Å². The van der Waals surface area contributed by atoms with Crippen LogP contribution in [0.5, 0.6) is 5.88 Å². The largest absolute Gasteiger partial charge is 0.481 e. The van der Waals surface area contributed by atoms with E-state index in [2.05, 4.69) is 14.9 Å². The van der Waals surface area contributed by atoms with E-state index in [9.17, 15) is 4.79 Å². The molecule has 1 aliphatic heterocycles. The molecule has 0 unspecified atom stereocenters. The number of rotatable bonds is 7. The third kappa shape index (κ3) is 5.52. The zero-order valence-corrected chi connectivity index (χ0v) is 16.9. The van der Waals surface area contributed by atoms with Crippen LogP contribution in [-0.2, 0) is 0 Å². The Morgan fingerprint density at radius 3 is 2.71 bits per heavy atom. The lowest BCUT2D eigenvalue weighted by Crippen LogP contribution is -2.32. The molecule has 150 valence electrons. The van der Waals surface area contributed by atoms with Crippen LogP contribution < -0.4 is 4.74 Å². The van der Waals surface area contributed by atoms with E-state index >= 15 is 0 Å². The van der Waals surface area contributed by atoms with Gasteiger partial charge in [-0.05, 0) is 51.0 Å². The van der Waals surface area contributed by atoms with Gasteiger partial charge in [0.25, 0.3) is 5.91 Å². The number of carbonyl (C=O) groups excluding carboxylic acids is 1. The molecule has 1 aromatic heterocycles. The molecule has 1 fully saturated rings. The van der Waals surface area contributed by atoms with Gasteiger partial charge in [0.15, 0.2) is 5.82 Å². The lowest BCUT2D eigenvalue weighted by Gasteiger charge is -2.22. The van der Waals surface area contributed by atoms with Crippen LogP contribution in [0.1, 0.15) is 42.5 Å². The molecule has 28 heavy (non-hydrogen) atoms. The molecular weight excluding hydrogens is 352 g/mol. The summed E-state index contributed by atoms with van der Waals surface area (Å²) in [6.07, 6.45) is 7.96. The van der Waals surface area contributed by atoms with Crippen LogP contribution >= 0.6 is 0 Å². The molecule has 0 saturated carbocycles. The first-order valence-electron chi connectivity index (χ1n) is 10.1. The summed E-state index contributed by atoms with van der Waals surface area (Å²) >= 11 is 0. The molecule has 6 heteroatoms. The number of nitrogens with zero attached hydrogens (tertiary/aromatic N) is 4. The Balaban J connectivity index is 1.58. The van der Waals surface area contributed by atoms with Gasteiger partial charge in [-0.1, -0.05) is 25.0 Å². The van der Waals surface area contributed by atoms with Gasteiger partial charge in [0.05, 0.1) is 7.11 Å². The molecule has 1 saturated heterocycles. The van der Waals surface area contributed by atoms with Gasteiger partial charge in [0.1, 0.15) is 0 Å². The van der Waals surface area contributed by atoms with Crippen molar-refractivity contribution in [3.05, 3.63) is 42.1 Å². The van der Waals surface area contributed by atoms with Crippen LogP contribution in [0.3, 0.4) is 0 Å². The van der Waals surface area contributed by atoms with Crippen LogP contribution in [0.25, 0.3) is 11.4 Å². The van der Waals surface area contributed by atoms with Crippen molar-refractivity contribution in [2.24, 2.45) is 0 Å². The van der Waals surface area contributed by atoms with E-state index in [1.807, 2.05) is 36.2 Å². The Morgan fingerprint density at radius 1 is 1.18 bits per heavy atom. The Kier molecular flexibility index (Phi) is 7.37. The van der Waals surface area contributed by atoms with Crippen molar-refractivity contribution in [2.45, 2.75) is 32.1 Å². The van der Waals surface area contributed by atoms with Gasteiger partial charge in [0, 0.05) is 37.0 Å². The lowest BCUT2D eigenvalue weighted by atomic mass is 10.1. The molecular formula is C22H30N4O2. The second-order valence-corrected chi connectivity index (χ2v) is 7.34. The number of amides is 1. The second kappa shape index (κ2) is 10.2. The first kappa shape index (κ1) is 20.3. The maximum atomic E-state index is 12.8. The number of benzene rings is 1. The number of aromatic nitrogens is 2. The lowest BCUT2D eigenvalue weighted by molar-refractivity contribution is 0.0788. The maximum absolute atomic E-state index is 12.8. The van der Waals surface area contributed by atoms with E-state index < -0.39 is 0 Å². The third-order valence-corrected chi connectivity index (χ3v) is 5.22. The van der Waals surface area contributed by atoms with E-state index in [-0.39, 0.29) is 5.91 Å². The monoisotopic (exact) mass is 382 g/mol. The zero-order valence-electron chi connectivity index (χ0n) is 16.9. The van der Waals surface area contributed by atoms with Gasteiger partial charge >= 0.3 is 0 Å². The highest BCUT2D eigenvalue weighted by atomic mass is 16.5. The van der Waals surface area contributed by atoms with Crippen molar-refractivity contribution in [2.75, 3.05) is 40.3 Å². The molecule has 6 nitrogen and oxygen atoms in total. The fourth-order valence-electron chi connectivity index (χ4n) is 3.60. The average molecular weight is 383 g/mol. The first-order valence-corrected chi connectivity index (χ1v) is 10.1. The minimum absolute atomic E-state index is 0.0283. The first-order chi connectivity index (χ1) is 13.7. The van der Waals surface area contributed by atoms with Crippen LogP contribution in [0.15, 0.2) is 36.5 Å². The third-order valence-electron chi connectivity index (χ3n) is 5.22. The predicted molar refractivity (Wildman–Crippen MR) is 111 cm³/mol. The van der Waals surface area contributed by atoms with Crippen molar-refractivity contribution < 1.29 is 9.53 Å². The summed E-state index contributed by atoms with van der Waals surface area (Å²) in [5, 5.41) is 0. The highest BCUT2D eigenvalue weighted by Crippen LogP contribution is 2.19. The fraction of sp³-hybridized carbons (Fsp3) is 0.500. The number of hydrogen-bond donors (Lipinski definition) is 0. The number of hydrogen-bond acceptors (Lipinski definition) is 5. The molecule has 0 N–H and O–H groups in total. The molecule has 1 aliphatic rings. The van der Waals surface area contributed by atoms with Crippen LogP contribution in [0.4, 0.5) is 0 Å². The topological polar surface area (TPSA) is 58.6 Å².